The van der Waals surface area contributed by atoms with Gasteiger partial charge in [-0.05, 0) is 60.7 Å². The topological polar surface area (TPSA) is 71.3 Å². The number of anilines is 1. The summed E-state index contributed by atoms with van der Waals surface area (Å²) >= 11 is 3.42. The fraction of sp³-hybridized carbons (Fsp3) is 0.318. The summed E-state index contributed by atoms with van der Waals surface area (Å²) in [4.78, 5) is 19.0. The van der Waals surface area contributed by atoms with Crippen LogP contribution >= 0.6 is 15.9 Å². The van der Waals surface area contributed by atoms with Crippen molar-refractivity contribution in [3.8, 4) is 11.4 Å². The first kappa shape index (κ1) is 19.6. The number of aromatic nitrogens is 2. The van der Waals surface area contributed by atoms with Gasteiger partial charge in [-0.2, -0.15) is 4.98 Å². The fourth-order valence-corrected chi connectivity index (χ4v) is 3.87. The smallest absolute Gasteiger partial charge is 0.316 e. The van der Waals surface area contributed by atoms with E-state index in [9.17, 15) is 4.79 Å². The SMILES string of the molecule is CC1CCN(c2ccc(-c3noc(C(=O)NCc4cccc(Br)c4)n3)cc2)CC1. The van der Waals surface area contributed by atoms with E-state index in [1.165, 1.54) is 18.5 Å². The Morgan fingerprint density at radius 2 is 1.97 bits per heavy atom. The van der Waals surface area contributed by atoms with Gasteiger partial charge < -0.3 is 14.7 Å². The third kappa shape index (κ3) is 4.85. The predicted molar refractivity (Wildman–Crippen MR) is 116 cm³/mol. The minimum Gasteiger partial charge on any atom is -0.372 e. The Balaban J connectivity index is 1.38. The molecule has 150 valence electrons. The highest BCUT2D eigenvalue weighted by atomic mass is 79.9. The van der Waals surface area contributed by atoms with E-state index in [1.807, 2.05) is 36.4 Å². The van der Waals surface area contributed by atoms with Gasteiger partial charge in [0.1, 0.15) is 0 Å². The normalized spacial score (nSPS) is 14.8. The van der Waals surface area contributed by atoms with Crippen LogP contribution in [0.2, 0.25) is 0 Å². The number of nitrogens with one attached hydrogen (secondary N) is 1. The van der Waals surface area contributed by atoms with E-state index < -0.39 is 0 Å². The third-order valence-electron chi connectivity index (χ3n) is 5.24. The maximum Gasteiger partial charge on any atom is 0.316 e. The molecule has 0 atom stereocenters. The van der Waals surface area contributed by atoms with Crippen molar-refractivity contribution in [2.24, 2.45) is 5.92 Å². The van der Waals surface area contributed by atoms with Crippen molar-refractivity contribution in [1.82, 2.24) is 15.5 Å². The number of piperidine rings is 1. The van der Waals surface area contributed by atoms with Crippen molar-refractivity contribution in [1.29, 1.82) is 0 Å². The van der Waals surface area contributed by atoms with Gasteiger partial charge in [-0.1, -0.05) is 40.1 Å². The molecule has 0 radical (unpaired) electrons. The molecule has 1 aromatic heterocycles. The second-order valence-corrected chi connectivity index (χ2v) is 8.37. The van der Waals surface area contributed by atoms with Crippen molar-refractivity contribution >= 4 is 27.5 Å². The largest absolute Gasteiger partial charge is 0.372 e. The molecule has 0 saturated carbocycles. The van der Waals surface area contributed by atoms with E-state index in [0.29, 0.717) is 12.4 Å². The molecule has 0 bridgehead atoms. The molecule has 1 N–H and O–H groups in total. The van der Waals surface area contributed by atoms with Gasteiger partial charge in [-0.15, -0.1) is 0 Å². The van der Waals surface area contributed by atoms with E-state index >= 15 is 0 Å². The first-order valence-corrected chi connectivity index (χ1v) is 10.6. The summed E-state index contributed by atoms with van der Waals surface area (Å²) in [6.07, 6.45) is 2.45. The van der Waals surface area contributed by atoms with Gasteiger partial charge in [0.2, 0.25) is 5.82 Å². The van der Waals surface area contributed by atoms with Crippen LogP contribution in [0.1, 0.15) is 36.0 Å². The zero-order chi connectivity index (χ0) is 20.2. The molecule has 2 aromatic carbocycles. The Bertz CT molecular complexity index is 978. The minimum absolute atomic E-state index is 0.0379. The maximum atomic E-state index is 12.3. The average Bonchev–Trinajstić information content (AvgIpc) is 3.23. The molecular formula is C22H23BrN4O2. The standard InChI is InChI=1S/C22H23BrN4O2/c1-15-9-11-27(12-10-15)19-7-5-17(6-8-19)20-25-22(29-26-20)21(28)24-14-16-3-2-4-18(23)13-16/h2-8,13,15H,9-12,14H2,1H3,(H,24,28). The molecule has 6 nitrogen and oxygen atoms in total. The highest BCUT2D eigenvalue weighted by Gasteiger charge is 2.18. The van der Waals surface area contributed by atoms with Gasteiger partial charge in [0, 0.05) is 35.4 Å². The van der Waals surface area contributed by atoms with Gasteiger partial charge >= 0.3 is 11.8 Å². The Morgan fingerprint density at radius 3 is 2.69 bits per heavy atom. The van der Waals surface area contributed by atoms with Gasteiger partial charge in [0.05, 0.1) is 0 Å². The van der Waals surface area contributed by atoms with Crippen molar-refractivity contribution in [3.63, 3.8) is 0 Å². The van der Waals surface area contributed by atoms with Gasteiger partial charge in [-0.3, -0.25) is 4.79 Å². The van der Waals surface area contributed by atoms with Crippen LogP contribution in [0.15, 0.2) is 57.5 Å². The molecule has 4 rings (SSSR count). The summed E-state index contributed by atoms with van der Waals surface area (Å²) in [5, 5.41) is 6.76. The van der Waals surface area contributed by atoms with Crippen LogP contribution < -0.4 is 10.2 Å². The highest BCUT2D eigenvalue weighted by molar-refractivity contribution is 9.10. The summed E-state index contributed by atoms with van der Waals surface area (Å²) in [6, 6.07) is 15.8. The summed E-state index contributed by atoms with van der Waals surface area (Å²) in [5.41, 5.74) is 3.01. The molecule has 1 aliphatic heterocycles. The first-order chi connectivity index (χ1) is 14.1. The van der Waals surface area contributed by atoms with E-state index in [0.717, 1.165) is 34.6 Å². The number of benzene rings is 2. The number of nitrogens with zero attached hydrogens (tertiary/aromatic N) is 3. The lowest BCUT2D eigenvalue weighted by molar-refractivity contribution is 0.0907. The minimum atomic E-state index is -0.386. The molecule has 3 aromatic rings. The molecule has 1 saturated heterocycles. The molecule has 1 aliphatic rings. The number of halogens is 1. The van der Waals surface area contributed by atoms with Crippen LogP contribution in [-0.4, -0.2) is 29.1 Å². The van der Waals surface area contributed by atoms with Crippen molar-refractivity contribution in [2.75, 3.05) is 18.0 Å². The predicted octanol–water partition coefficient (Wildman–Crippen LogP) is 4.67. The number of amides is 1. The molecule has 7 heteroatoms. The number of carbonyl (C=O) groups excluding carboxylic acids is 1. The molecule has 1 amide bonds. The molecule has 2 heterocycles. The molecule has 29 heavy (non-hydrogen) atoms. The molecule has 0 aliphatic carbocycles. The lowest BCUT2D eigenvalue weighted by Gasteiger charge is -2.32. The second kappa shape index (κ2) is 8.78. The Hall–Kier alpha value is -2.67. The van der Waals surface area contributed by atoms with Crippen LogP contribution in [0.5, 0.6) is 0 Å². The van der Waals surface area contributed by atoms with Gasteiger partial charge in [0.15, 0.2) is 0 Å². The lowest BCUT2D eigenvalue weighted by Crippen LogP contribution is -2.32. The average molecular weight is 455 g/mol. The number of hydrogen-bond acceptors (Lipinski definition) is 5. The summed E-state index contributed by atoms with van der Waals surface area (Å²) in [6.45, 7) is 4.87. The van der Waals surface area contributed by atoms with Crippen LogP contribution in [0.4, 0.5) is 5.69 Å². The van der Waals surface area contributed by atoms with Gasteiger partial charge in [0.25, 0.3) is 0 Å². The Labute approximate surface area is 178 Å². The highest BCUT2D eigenvalue weighted by Crippen LogP contribution is 2.25. The quantitative estimate of drug-likeness (QED) is 0.606. The molecule has 0 spiro atoms. The maximum absolute atomic E-state index is 12.3. The summed E-state index contributed by atoms with van der Waals surface area (Å²) < 4.78 is 6.12. The van der Waals surface area contributed by atoms with Crippen LogP contribution in [0.3, 0.4) is 0 Å². The van der Waals surface area contributed by atoms with Crippen LogP contribution in [0.25, 0.3) is 11.4 Å². The molecule has 1 fully saturated rings. The van der Waals surface area contributed by atoms with E-state index in [4.69, 9.17) is 4.52 Å². The van der Waals surface area contributed by atoms with Crippen LogP contribution in [-0.2, 0) is 6.54 Å². The Kier molecular flexibility index (Phi) is 5.94. The lowest BCUT2D eigenvalue weighted by atomic mass is 9.98. The van der Waals surface area contributed by atoms with Crippen LogP contribution in [0, 0.1) is 5.92 Å². The van der Waals surface area contributed by atoms with E-state index in [2.05, 4.69) is 55.3 Å². The Morgan fingerprint density at radius 1 is 1.21 bits per heavy atom. The molecular weight excluding hydrogens is 432 g/mol. The first-order valence-electron chi connectivity index (χ1n) is 9.80. The monoisotopic (exact) mass is 454 g/mol. The zero-order valence-electron chi connectivity index (χ0n) is 16.3. The van der Waals surface area contributed by atoms with E-state index in [1.54, 1.807) is 0 Å². The summed E-state index contributed by atoms with van der Waals surface area (Å²) in [7, 11) is 0. The fourth-order valence-electron chi connectivity index (χ4n) is 3.43. The van der Waals surface area contributed by atoms with Gasteiger partial charge in [-0.25, -0.2) is 0 Å². The number of hydrogen-bond donors (Lipinski definition) is 1. The van der Waals surface area contributed by atoms with Crippen molar-refractivity contribution < 1.29 is 9.32 Å². The number of rotatable bonds is 5. The van der Waals surface area contributed by atoms with Crippen molar-refractivity contribution in [2.45, 2.75) is 26.3 Å². The molecule has 0 unspecified atom stereocenters. The zero-order valence-corrected chi connectivity index (χ0v) is 17.9. The van der Waals surface area contributed by atoms with E-state index in [-0.39, 0.29) is 11.8 Å². The third-order valence-corrected chi connectivity index (χ3v) is 5.73. The van der Waals surface area contributed by atoms with Crippen molar-refractivity contribution in [3.05, 3.63) is 64.5 Å². The number of carbonyl (C=O) groups is 1. The second-order valence-electron chi connectivity index (χ2n) is 7.45. The summed E-state index contributed by atoms with van der Waals surface area (Å²) in [5.74, 6) is 0.793.